The van der Waals surface area contributed by atoms with Crippen molar-refractivity contribution in [1.82, 2.24) is 0 Å². The molecule has 1 aliphatic heterocycles. The van der Waals surface area contributed by atoms with E-state index in [0.717, 1.165) is 12.8 Å². The molecule has 1 heterocycles. The largest absolute Gasteiger partial charge is 0.480 e. The summed E-state index contributed by atoms with van der Waals surface area (Å²) in [6.45, 7) is 0. The Kier molecular flexibility index (Phi) is 1.71. The Bertz CT molecular complexity index is 253. The molecule has 0 bridgehead atoms. The monoisotopic (exact) mass is 165 g/mol. The molecule has 1 saturated carbocycles. The third-order valence-electron chi connectivity index (χ3n) is 2.45. The third kappa shape index (κ3) is 1.26. The first-order chi connectivity index (χ1) is 5.79. The van der Waals surface area contributed by atoms with Crippen LogP contribution in [0, 0.1) is 11.8 Å². The van der Waals surface area contributed by atoms with Gasteiger partial charge in [-0.25, -0.2) is 4.79 Å². The summed E-state index contributed by atoms with van der Waals surface area (Å²) in [6, 6.07) is -0.525. The van der Waals surface area contributed by atoms with Gasteiger partial charge in [-0.05, 0) is 24.8 Å². The number of aliphatic carboxylic acids is 1. The quantitative estimate of drug-likeness (QED) is 0.666. The molecule has 2 aliphatic rings. The number of carbonyl (C=O) groups is 1. The van der Waals surface area contributed by atoms with E-state index in [0.29, 0.717) is 5.92 Å². The van der Waals surface area contributed by atoms with E-state index in [1.165, 1.54) is 0 Å². The molecule has 1 fully saturated rings. The van der Waals surface area contributed by atoms with Gasteiger partial charge in [0.05, 0.1) is 0 Å². The Morgan fingerprint density at radius 2 is 2.25 bits per heavy atom. The Morgan fingerprint density at radius 3 is 2.83 bits per heavy atom. The zero-order chi connectivity index (χ0) is 8.55. The van der Waals surface area contributed by atoms with Crippen LogP contribution in [0.3, 0.4) is 0 Å². The standard InChI is InChI=1S/C9H11NO2/c11-9(12)8-7(6-3-4-6)2-1-5-10-8/h1-2,5-8H,3-4H2,(H,11,12). The smallest absolute Gasteiger partial charge is 0.329 e. The molecule has 2 atom stereocenters. The number of rotatable bonds is 2. The Balaban J connectivity index is 2.13. The molecule has 12 heavy (non-hydrogen) atoms. The van der Waals surface area contributed by atoms with Gasteiger partial charge in [0.15, 0.2) is 6.04 Å². The van der Waals surface area contributed by atoms with E-state index in [-0.39, 0.29) is 5.92 Å². The summed E-state index contributed by atoms with van der Waals surface area (Å²) in [4.78, 5) is 14.7. The average molecular weight is 165 g/mol. The average Bonchev–Trinajstić information content (AvgIpc) is 2.87. The molecule has 0 spiro atoms. The minimum absolute atomic E-state index is 0.146. The Morgan fingerprint density at radius 1 is 1.50 bits per heavy atom. The number of dihydropyridines is 1. The molecule has 2 unspecified atom stereocenters. The van der Waals surface area contributed by atoms with Gasteiger partial charge < -0.3 is 5.11 Å². The molecule has 1 aliphatic carbocycles. The van der Waals surface area contributed by atoms with E-state index in [2.05, 4.69) is 4.99 Å². The normalized spacial score (nSPS) is 33.7. The number of aliphatic imine (C=N–C) groups is 1. The minimum atomic E-state index is -0.799. The lowest BCUT2D eigenvalue weighted by atomic mass is 9.93. The molecule has 0 saturated heterocycles. The molecule has 1 N–H and O–H groups in total. The number of carboxylic acids is 1. The van der Waals surface area contributed by atoms with Crippen LogP contribution in [0.1, 0.15) is 12.8 Å². The van der Waals surface area contributed by atoms with Crippen molar-refractivity contribution in [1.29, 1.82) is 0 Å². The van der Waals surface area contributed by atoms with Gasteiger partial charge >= 0.3 is 5.97 Å². The molecule has 64 valence electrons. The van der Waals surface area contributed by atoms with Crippen molar-refractivity contribution in [3.05, 3.63) is 12.2 Å². The van der Waals surface area contributed by atoms with Crippen molar-refractivity contribution in [2.24, 2.45) is 16.8 Å². The van der Waals surface area contributed by atoms with E-state index in [1.54, 1.807) is 6.21 Å². The van der Waals surface area contributed by atoms with Crippen molar-refractivity contribution in [3.8, 4) is 0 Å². The van der Waals surface area contributed by atoms with Crippen LogP contribution in [-0.4, -0.2) is 23.3 Å². The van der Waals surface area contributed by atoms with Crippen LogP contribution in [0.15, 0.2) is 17.1 Å². The van der Waals surface area contributed by atoms with Crippen molar-refractivity contribution in [2.75, 3.05) is 0 Å². The third-order valence-corrected chi connectivity index (χ3v) is 2.45. The highest BCUT2D eigenvalue weighted by Crippen LogP contribution is 2.40. The fourth-order valence-electron chi connectivity index (χ4n) is 1.65. The summed E-state index contributed by atoms with van der Waals surface area (Å²) >= 11 is 0. The lowest BCUT2D eigenvalue weighted by Crippen LogP contribution is -2.29. The number of nitrogens with zero attached hydrogens (tertiary/aromatic N) is 1. The molecule has 3 heteroatoms. The Labute approximate surface area is 70.8 Å². The first kappa shape index (κ1) is 7.53. The van der Waals surface area contributed by atoms with Gasteiger partial charge in [0.2, 0.25) is 0 Å². The second-order valence-electron chi connectivity index (χ2n) is 3.38. The molecular formula is C9H11NO2. The van der Waals surface area contributed by atoms with Gasteiger partial charge in [-0.15, -0.1) is 0 Å². The summed E-state index contributed by atoms with van der Waals surface area (Å²) in [6.07, 6.45) is 7.73. The topological polar surface area (TPSA) is 49.7 Å². The van der Waals surface area contributed by atoms with E-state index in [1.807, 2.05) is 12.2 Å². The van der Waals surface area contributed by atoms with Crippen LogP contribution in [0.5, 0.6) is 0 Å². The summed E-state index contributed by atoms with van der Waals surface area (Å²) in [7, 11) is 0. The van der Waals surface area contributed by atoms with Crippen LogP contribution >= 0.6 is 0 Å². The van der Waals surface area contributed by atoms with Crippen LogP contribution in [0.2, 0.25) is 0 Å². The summed E-state index contributed by atoms with van der Waals surface area (Å²) in [5.74, 6) is -0.0835. The van der Waals surface area contributed by atoms with Crippen LogP contribution < -0.4 is 0 Å². The second kappa shape index (κ2) is 2.73. The van der Waals surface area contributed by atoms with Crippen LogP contribution in [0.4, 0.5) is 0 Å². The summed E-state index contributed by atoms with van der Waals surface area (Å²) in [5.41, 5.74) is 0. The maximum absolute atomic E-state index is 10.7. The highest BCUT2D eigenvalue weighted by Gasteiger charge is 2.38. The number of hydrogen-bond acceptors (Lipinski definition) is 2. The maximum atomic E-state index is 10.7. The van der Waals surface area contributed by atoms with E-state index >= 15 is 0 Å². The van der Waals surface area contributed by atoms with Gasteiger partial charge in [-0.2, -0.15) is 0 Å². The predicted octanol–water partition coefficient (Wildman–Crippen LogP) is 1.11. The van der Waals surface area contributed by atoms with Crippen molar-refractivity contribution in [3.63, 3.8) is 0 Å². The molecule has 0 aromatic carbocycles. The molecular weight excluding hydrogens is 154 g/mol. The molecule has 0 aromatic rings. The zero-order valence-electron chi connectivity index (χ0n) is 6.68. The number of hydrogen-bond donors (Lipinski definition) is 1. The molecule has 0 radical (unpaired) electrons. The number of carboxylic acid groups (broad SMARTS) is 1. The molecule has 0 aromatic heterocycles. The molecule has 0 amide bonds. The van der Waals surface area contributed by atoms with Crippen molar-refractivity contribution >= 4 is 12.2 Å². The second-order valence-corrected chi connectivity index (χ2v) is 3.38. The van der Waals surface area contributed by atoms with Crippen molar-refractivity contribution in [2.45, 2.75) is 18.9 Å². The van der Waals surface area contributed by atoms with Gasteiger partial charge in [0, 0.05) is 12.1 Å². The first-order valence-electron chi connectivity index (χ1n) is 4.22. The van der Waals surface area contributed by atoms with Gasteiger partial charge in [-0.1, -0.05) is 6.08 Å². The summed E-state index contributed by atoms with van der Waals surface area (Å²) in [5, 5.41) is 8.84. The van der Waals surface area contributed by atoms with Crippen LogP contribution in [-0.2, 0) is 4.79 Å². The maximum Gasteiger partial charge on any atom is 0.329 e. The minimum Gasteiger partial charge on any atom is -0.480 e. The molecule has 3 nitrogen and oxygen atoms in total. The van der Waals surface area contributed by atoms with E-state index in [9.17, 15) is 4.79 Å². The van der Waals surface area contributed by atoms with Crippen molar-refractivity contribution < 1.29 is 9.90 Å². The fraction of sp³-hybridized carbons (Fsp3) is 0.556. The first-order valence-corrected chi connectivity index (χ1v) is 4.22. The predicted molar refractivity (Wildman–Crippen MR) is 45.3 cm³/mol. The fourth-order valence-corrected chi connectivity index (χ4v) is 1.65. The highest BCUT2D eigenvalue weighted by atomic mass is 16.4. The van der Waals surface area contributed by atoms with Gasteiger partial charge in [-0.3, -0.25) is 4.99 Å². The van der Waals surface area contributed by atoms with Gasteiger partial charge in [0.1, 0.15) is 0 Å². The highest BCUT2D eigenvalue weighted by molar-refractivity contribution is 5.81. The summed E-state index contributed by atoms with van der Waals surface area (Å²) < 4.78 is 0. The number of allylic oxidation sites excluding steroid dienone is 1. The van der Waals surface area contributed by atoms with Crippen LogP contribution in [0.25, 0.3) is 0 Å². The molecule has 2 rings (SSSR count). The lowest BCUT2D eigenvalue weighted by Gasteiger charge is -2.18. The lowest BCUT2D eigenvalue weighted by molar-refractivity contribution is -0.139. The van der Waals surface area contributed by atoms with E-state index in [4.69, 9.17) is 5.11 Å². The van der Waals surface area contributed by atoms with Gasteiger partial charge in [0.25, 0.3) is 0 Å². The van der Waals surface area contributed by atoms with E-state index < -0.39 is 12.0 Å². The zero-order valence-corrected chi connectivity index (χ0v) is 6.68. The SMILES string of the molecule is O=C(O)C1N=CC=CC1C1CC1. The Hall–Kier alpha value is -1.12.